The number of likely N-dealkylation sites (tertiary alicyclic amines) is 1. The topological polar surface area (TPSA) is 158 Å². The third kappa shape index (κ3) is 6.29. The number of nitrogens with zero attached hydrogens (tertiary/aromatic N) is 1. The minimum absolute atomic E-state index is 0.287. The fourth-order valence-corrected chi connectivity index (χ4v) is 4.64. The Kier molecular flexibility index (Phi) is 8.94. The number of aliphatic carboxylic acids is 1. The van der Waals surface area contributed by atoms with Gasteiger partial charge in [-0.05, 0) is 49.3 Å². The van der Waals surface area contributed by atoms with E-state index in [-0.39, 0.29) is 18.9 Å². The molecule has 1 aliphatic rings. The molecule has 0 saturated carbocycles. The molecule has 1 saturated heterocycles. The number of aromatic nitrogens is 1. The summed E-state index contributed by atoms with van der Waals surface area (Å²) in [7, 11) is 0. The van der Waals surface area contributed by atoms with Crippen LogP contribution >= 0.6 is 11.8 Å². The standard InChI is InChI=1S/C23H31N5O5S/c1-34-10-8-18(23(32)33)27-20(29)13-26-21(30)19-7-4-9-28(19)22(31)16(24)11-14-12-25-17-6-3-2-5-15(14)17/h2-3,5-6,12,16,18-19,25H,4,7-11,13,24H2,1H3,(H,26,30)(H,27,29)(H,32,33). The number of H-pyrrole nitrogens is 1. The highest BCUT2D eigenvalue weighted by Gasteiger charge is 2.36. The maximum absolute atomic E-state index is 13.0. The van der Waals surface area contributed by atoms with E-state index >= 15 is 0 Å². The first kappa shape index (κ1) is 25.6. The molecule has 0 radical (unpaired) electrons. The van der Waals surface area contributed by atoms with Gasteiger partial charge in [0.05, 0.1) is 12.6 Å². The van der Waals surface area contributed by atoms with Crippen LogP contribution in [0.15, 0.2) is 30.5 Å². The molecule has 0 bridgehead atoms. The number of rotatable bonds is 11. The fourth-order valence-electron chi connectivity index (χ4n) is 4.16. The Hall–Kier alpha value is -3.05. The Morgan fingerprint density at radius 1 is 1.29 bits per heavy atom. The lowest BCUT2D eigenvalue weighted by Gasteiger charge is -2.26. The number of hydrogen-bond donors (Lipinski definition) is 5. The number of carbonyl (C=O) groups is 4. The van der Waals surface area contributed by atoms with Gasteiger partial charge in [-0.15, -0.1) is 0 Å². The predicted octanol–water partition coefficient (Wildman–Crippen LogP) is 0.467. The molecular weight excluding hydrogens is 458 g/mol. The molecule has 1 aromatic carbocycles. The summed E-state index contributed by atoms with van der Waals surface area (Å²) >= 11 is 1.48. The number of aromatic amines is 1. The number of carbonyl (C=O) groups excluding carboxylic acids is 3. The smallest absolute Gasteiger partial charge is 0.326 e. The monoisotopic (exact) mass is 489 g/mol. The van der Waals surface area contributed by atoms with E-state index in [1.807, 2.05) is 36.7 Å². The summed E-state index contributed by atoms with van der Waals surface area (Å²) in [6.45, 7) is 0.0578. The van der Waals surface area contributed by atoms with Crippen LogP contribution in [-0.2, 0) is 25.6 Å². The van der Waals surface area contributed by atoms with Gasteiger partial charge >= 0.3 is 5.97 Å². The van der Waals surface area contributed by atoms with E-state index in [0.29, 0.717) is 31.6 Å². The number of carboxylic acid groups (broad SMARTS) is 1. The lowest BCUT2D eigenvalue weighted by molar-refractivity contribution is -0.142. The number of para-hydroxylation sites is 1. The average Bonchev–Trinajstić information content (AvgIpc) is 3.47. The highest BCUT2D eigenvalue weighted by molar-refractivity contribution is 7.98. The third-order valence-electron chi connectivity index (χ3n) is 5.94. The second-order valence-corrected chi connectivity index (χ2v) is 9.30. The van der Waals surface area contributed by atoms with Crippen LogP contribution in [-0.4, -0.2) is 81.9 Å². The van der Waals surface area contributed by atoms with E-state index in [1.165, 1.54) is 16.7 Å². The van der Waals surface area contributed by atoms with Crippen LogP contribution in [0.3, 0.4) is 0 Å². The van der Waals surface area contributed by atoms with E-state index in [0.717, 1.165) is 16.5 Å². The number of thioether (sulfide) groups is 1. The molecule has 1 aromatic heterocycles. The molecule has 0 spiro atoms. The highest BCUT2D eigenvalue weighted by Crippen LogP contribution is 2.22. The lowest BCUT2D eigenvalue weighted by atomic mass is 10.0. The van der Waals surface area contributed by atoms with Gasteiger partial charge in [-0.3, -0.25) is 14.4 Å². The molecule has 184 valence electrons. The van der Waals surface area contributed by atoms with Gasteiger partial charge in [0.15, 0.2) is 0 Å². The number of fused-ring (bicyclic) bond motifs is 1. The van der Waals surface area contributed by atoms with Crippen LogP contribution in [0.1, 0.15) is 24.8 Å². The van der Waals surface area contributed by atoms with Crippen LogP contribution in [0, 0.1) is 0 Å². The van der Waals surface area contributed by atoms with Gasteiger partial charge in [-0.25, -0.2) is 4.79 Å². The number of nitrogens with two attached hydrogens (primary N) is 1. The molecule has 34 heavy (non-hydrogen) atoms. The summed E-state index contributed by atoms with van der Waals surface area (Å²) in [6.07, 6.45) is 5.45. The molecular formula is C23H31N5O5S. The second kappa shape index (κ2) is 11.9. The maximum atomic E-state index is 13.0. The van der Waals surface area contributed by atoms with Crippen molar-refractivity contribution in [2.24, 2.45) is 5.73 Å². The van der Waals surface area contributed by atoms with Gasteiger partial charge in [0.2, 0.25) is 17.7 Å². The summed E-state index contributed by atoms with van der Waals surface area (Å²) in [5, 5.41) is 15.2. The van der Waals surface area contributed by atoms with Gasteiger partial charge in [-0.2, -0.15) is 11.8 Å². The Bertz CT molecular complexity index is 1040. The first-order valence-corrected chi connectivity index (χ1v) is 12.6. The first-order valence-electron chi connectivity index (χ1n) is 11.2. The fraction of sp³-hybridized carbons (Fsp3) is 0.478. The predicted molar refractivity (Wildman–Crippen MR) is 130 cm³/mol. The maximum Gasteiger partial charge on any atom is 0.326 e. The van der Waals surface area contributed by atoms with Crippen molar-refractivity contribution >= 4 is 46.4 Å². The van der Waals surface area contributed by atoms with Crippen LogP contribution in [0.2, 0.25) is 0 Å². The van der Waals surface area contributed by atoms with Crippen molar-refractivity contribution in [3.05, 3.63) is 36.0 Å². The molecule has 3 rings (SSSR count). The van der Waals surface area contributed by atoms with Crippen molar-refractivity contribution in [3.63, 3.8) is 0 Å². The molecule has 10 nitrogen and oxygen atoms in total. The zero-order valence-corrected chi connectivity index (χ0v) is 19.9. The van der Waals surface area contributed by atoms with E-state index < -0.39 is 35.9 Å². The zero-order valence-electron chi connectivity index (χ0n) is 19.1. The zero-order chi connectivity index (χ0) is 24.7. The van der Waals surface area contributed by atoms with Crippen LogP contribution in [0.25, 0.3) is 10.9 Å². The summed E-state index contributed by atoms with van der Waals surface area (Å²) < 4.78 is 0. The summed E-state index contributed by atoms with van der Waals surface area (Å²) in [5.41, 5.74) is 8.13. The van der Waals surface area contributed by atoms with Gasteiger partial charge in [0.1, 0.15) is 12.1 Å². The van der Waals surface area contributed by atoms with Gasteiger partial charge in [0, 0.05) is 23.6 Å². The number of hydrogen-bond acceptors (Lipinski definition) is 6. The Morgan fingerprint density at radius 2 is 2.06 bits per heavy atom. The van der Waals surface area contributed by atoms with E-state index in [9.17, 15) is 24.3 Å². The molecule has 2 heterocycles. The Labute approximate surface area is 202 Å². The van der Waals surface area contributed by atoms with E-state index in [2.05, 4.69) is 15.6 Å². The van der Waals surface area contributed by atoms with Crippen molar-refractivity contribution in [1.29, 1.82) is 0 Å². The molecule has 3 atom stereocenters. The summed E-state index contributed by atoms with van der Waals surface area (Å²) in [5.74, 6) is -1.88. The number of amides is 3. The number of benzene rings is 1. The first-order chi connectivity index (χ1) is 16.3. The molecule has 11 heteroatoms. The Balaban J connectivity index is 1.54. The van der Waals surface area contributed by atoms with Crippen molar-refractivity contribution in [3.8, 4) is 0 Å². The highest BCUT2D eigenvalue weighted by atomic mass is 32.2. The molecule has 1 aliphatic heterocycles. The minimum Gasteiger partial charge on any atom is -0.480 e. The van der Waals surface area contributed by atoms with Gasteiger partial charge < -0.3 is 31.4 Å². The van der Waals surface area contributed by atoms with Crippen molar-refractivity contribution < 1.29 is 24.3 Å². The third-order valence-corrected chi connectivity index (χ3v) is 6.58. The van der Waals surface area contributed by atoms with Crippen molar-refractivity contribution in [2.45, 2.75) is 43.8 Å². The normalized spacial score (nSPS) is 17.4. The number of carboxylic acids is 1. The molecule has 2 aromatic rings. The SMILES string of the molecule is CSCCC(NC(=O)CNC(=O)C1CCCN1C(=O)C(N)Cc1c[nH]c2ccccc12)C(=O)O. The second-order valence-electron chi connectivity index (χ2n) is 8.32. The molecule has 0 aliphatic carbocycles. The van der Waals surface area contributed by atoms with Crippen molar-refractivity contribution in [1.82, 2.24) is 20.5 Å². The molecule has 3 unspecified atom stereocenters. The quantitative estimate of drug-likeness (QED) is 0.307. The minimum atomic E-state index is -1.12. The number of nitrogens with one attached hydrogen (secondary N) is 3. The van der Waals surface area contributed by atoms with E-state index in [4.69, 9.17) is 5.73 Å². The largest absolute Gasteiger partial charge is 0.480 e. The van der Waals surface area contributed by atoms with Gasteiger partial charge in [-0.1, -0.05) is 18.2 Å². The van der Waals surface area contributed by atoms with Crippen LogP contribution < -0.4 is 16.4 Å². The van der Waals surface area contributed by atoms with Crippen LogP contribution in [0.5, 0.6) is 0 Å². The lowest BCUT2D eigenvalue weighted by Crippen LogP contribution is -2.53. The molecule has 3 amide bonds. The summed E-state index contributed by atoms with van der Waals surface area (Å²) in [6, 6.07) is 5.24. The van der Waals surface area contributed by atoms with Crippen molar-refractivity contribution in [2.75, 3.05) is 25.1 Å². The van der Waals surface area contributed by atoms with E-state index in [1.54, 1.807) is 0 Å². The molecule has 6 N–H and O–H groups in total. The summed E-state index contributed by atoms with van der Waals surface area (Å²) in [4.78, 5) is 53.8. The molecule has 1 fully saturated rings. The average molecular weight is 490 g/mol. The Morgan fingerprint density at radius 3 is 2.79 bits per heavy atom. The van der Waals surface area contributed by atoms with Crippen LogP contribution in [0.4, 0.5) is 0 Å². The van der Waals surface area contributed by atoms with Gasteiger partial charge in [0.25, 0.3) is 0 Å².